The third kappa shape index (κ3) is 4.89. The van der Waals surface area contributed by atoms with Gasteiger partial charge in [-0.15, -0.1) is 0 Å². The number of aromatic nitrogens is 1. The second-order valence-electron chi connectivity index (χ2n) is 15.2. The number of nitrogens with zero attached hydrogens (tertiary/aromatic N) is 3. The standard InChI is InChI=1S/C49H34N5OPS2/c1-27-18-22-37-44(53-45-38(57-37)24-20-35-42(45)30-13-6-8-16-33(30)51-35)41(27)32-15-10-26-50-49(32)56(55,29-11-4-3-5-12-29)48-28(2)19-23-40-47(48)54-46-39(58-40)25-21-36-43(46)31-14-7-9-17-34(31)52-36/h3-26,33-34,51-52H,1-2H3. The molecule has 0 saturated carbocycles. The number of hydrogen-bond acceptors (Lipinski definition) is 8. The smallest absolute Gasteiger partial charge is 0.191 e. The van der Waals surface area contributed by atoms with Gasteiger partial charge in [0, 0.05) is 64.0 Å². The molecule has 0 bridgehead atoms. The normalized spacial score (nSPS) is 19.1. The molecule has 58 heavy (non-hydrogen) atoms. The Morgan fingerprint density at radius 3 is 1.84 bits per heavy atom. The molecule has 6 nitrogen and oxygen atoms in total. The lowest BCUT2D eigenvalue weighted by atomic mass is 9.99. The average molecular weight is 804 g/mol. The Morgan fingerprint density at radius 1 is 0.603 bits per heavy atom. The van der Waals surface area contributed by atoms with E-state index in [1.165, 1.54) is 11.1 Å². The van der Waals surface area contributed by atoms with Gasteiger partial charge in [-0.1, -0.05) is 121 Å². The fourth-order valence-electron chi connectivity index (χ4n) is 9.26. The average Bonchev–Trinajstić information content (AvgIpc) is 3.84. The summed E-state index contributed by atoms with van der Waals surface area (Å²) in [5.41, 5.74) is 10.5. The summed E-state index contributed by atoms with van der Waals surface area (Å²) in [5, 5.41) is 12.9. The van der Waals surface area contributed by atoms with E-state index in [2.05, 4.69) is 128 Å². The molecule has 1 aromatic heterocycles. The van der Waals surface area contributed by atoms with Gasteiger partial charge in [-0.3, -0.25) is 4.98 Å². The minimum Gasteiger partial charge on any atom is -0.374 e. The zero-order valence-electron chi connectivity index (χ0n) is 31.5. The number of allylic oxidation sites excluding steroid dienone is 4. The minimum absolute atomic E-state index is 0.0977. The van der Waals surface area contributed by atoms with Crippen LogP contribution in [-0.4, -0.2) is 17.1 Å². The van der Waals surface area contributed by atoms with Crippen LogP contribution in [0.15, 0.2) is 175 Å². The highest BCUT2D eigenvalue weighted by molar-refractivity contribution is 8.00. The van der Waals surface area contributed by atoms with Gasteiger partial charge in [0.2, 0.25) is 0 Å². The summed E-state index contributed by atoms with van der Waals surface area (Å²) in [6, 6.07) is 31.4. The Balaban J connectivity index is 1.14. The van der Waals surface area contributed by atoms with Crippen LogP contribution in [0.5, 0.6) is 0 Å². The van der Waals surface area contributed by atoms with E-state index in [0.717, 1.165) is 96.3 Å². The monoisotopic (exact) mass is 803 g/mol. The number of benzene rings is 5. The van der Waals surface area contributed by atoms with E-state index in [1.807, 2.05) is 36.4 Å². The Kier molecular flexibility index (Phi) is 7.53. The highest BCUT2D eigenvalue weighted by atomic mass is 32.2. The number of aryl methyl sites for hydroxylation is 2. The molecular formula is C49H34N5OPS2. The first-order valence-corrected chi connectivity index (χ1v) is 22.8. The van der Waals surface area contributed by atoms with Crippen LogP contribution in [0.2, 0.25) is 0 Å². The number of pyridine rings is 1. The highest BCUT2D eigenvalue weighted by Crippen LogP contribution is 2.53. The predicted octanol–water partition coefficient (Wildman–Crippen LogP) is 7.98. The van der Waals surface area contributed by atoms with Crippen LogP contribution in [0, 0.1) is 13.8 Å². The van der Waals surface area contributed by atoms with Gasteiger partial charge in [0.1, 0.15) is 5.44 Å². The van der Waals surface area contributed by atoms with E-state index in [4.69, 9.17) is 15.0 Å². The van der Waals surface area contributed by atoms with Crippen LogP contribution in [-0.2, 0) is 4.57 Å². The molecule has 12 rings (SSSR count). The van der Waals surface area contributed by atoms with E-state index < -0.39 is 7.14 Å². The van der Waals surface area contributed by atoms with Gasteiger partial charge in [0.15, 0.2) is 7.14 Å². The van der Waals surface area contributed by atoms with E-state index >= 15 is 4.57 Å². The highest BCUT2D eigenvalue weighted by Gasteiger charge is 2.40. The number of rotatable bonds is 4. The first kappa shape index (κ1) is 34.1. The van der Waals surface area contributed by atoms with E-state index in [-0.39, 0.29) is 12.1 Å². The number of fused-ring (bicyclic) bond motifs is 10. The second kappa shape index (κ2) is 12.8. The van der Waals surface area contributed by atoms with Gasteiger partial charge in [0.25, 0.3) is 0 Å². The van der Waals surface area contributed by atoms with Gasteiger partial charge in [0.05, 0.1) is 39.5 Å². The molecule has 0 radical (unpaired) electrons. The van der Waals surface area contributed by atoms with Crippen molar-refractivity contribution in [3.63, 3.8) is 0 Å². The molecule has 0 spiro atoms. The maximum atomic E-state index is 17.0. The molecule has 278 valence electrons. The molecule has 9 heteroatoms. The minimum atomic E-state index is -3.74. The molecule has 2 N–H and O–H groups in total. The zero-order chi connectivity index (χ0) is 38.7. The van der Waals surface area contributed by atoms with Crippen molar-refractivity contribution in [1.82, 2.24) is 4.98 Å². The molecule has 2 aliphatic carbocycles. The first-order valence-electron chi connectivity index (χ1n) is 19.5. The van der Waals surface area contributed by atoms with Crippen molar-refractivity contribution in [2.75, 3.05) is 10.6 Å². The van der Waals surface area contributed by atoms with E-state index in [1.54, 1.807) is 29.7 Å². The fraction of sp³-hybridized carbons (Fsp3) is 0.0816. The first-order chi connectivity index (χ1) is 28.5. The third-order valence-corrected chi connectivity index (χ3v) is 17.2. The van der Waals surface area contributed by atoms with Crippen LogP contribution < -0.4 is 47.8 Å². The van der Waals surface area contributed by atoms with Crippen molar-refractivity contribution in [2.45, 2.75) is 45.5 Å². The summed E-state index contributed by atoms with van der Waals surface area (Å²) in [7, 11) is -3.74. The van der Waals surface area contributed by atoms with Crippen molar-refractivity contribution >= 4 is 80.6 Å². The summed E-state index contributed by atoms with van der Waals surface area (Å²) >= 11 is 3.44. The molecule has 0 amide bonds. The van der Waals surface area contributed by atoms with Crippen molar-refractivity contribution in [3.05, 3.63) is 178 Å². The lowest BCUT2D eigenvalue weighted by molar-refractivity contribution is 0.592. The van der Waals surface area contributed by atoms with E-state index in [0.29, 0.717) is 5.44 Å². The molecule has 3 atom stereocenters. The lowest BCUT2D eigenvalue weighted by Gasteiger charge is -2.27. The Morgan fingerprint density at radius 2 is 1.19 bits per heavy atom. The summed E-state index contributed by atoms with van der Waals surface area (Å²) in [5.74, 6) is 0. The molecule has 5 heterocycles. The maximum absolute atomic E-state index is 17.0. The summed E-state index contributed by atoms with van der Waals surface area (Å²) in [4.78, 5) is 20.5. The fourth-order valence-corrected chi connectivity index (χ4v) is 14.4. The second-order valence-corrected chi connectivity index (χ2v) is 20.0. The van der Waals surface area contributed by atoms with E-state index in [9.17, 15) is 0 Å². The summed E-state index contributed by atoms with van der Waals surface area (Å²) < 4.78 is 17.0. The summed E-state index contributed by atoms with van der Waals surface area (Å²) in [6.45, 7) is 4.19. The van der Waals surface area contributed by atoms with Crippen molar-refractivity contribution in [1.29, 1.82) is 0 Å². The lowest BCUT2D eigenvalue weighted by Crippen LogP contribution is -2.33. The van der Waals surface area contributed by atoms with Crippen LogP contribution in [0.1, 0.15) is 11.1 Å². The molecule has 6 aliphatic rings. The summed E-state index contributed by atoms with van der Waals surface area (Å²) in [6.07, 6.45) is 18.9. The predicted molar refractivity (Wildman–Crippen MR) is 239 cm³/mol. The molecule has 4 aliphatic heterocycles. The number of hydrogen-bond donors (Lipinski definition) is 2. The molecule has 3 unspecified atom stereocenters. The Hall–Kier alpha value is -5.92. The SMILES string of the molecule is Cc1ccc2c(c1-c1cccnc1P(=O)(c1ccccc1)c1c(C)ccc3c1N=c1c(ccc4c1=C1C=CC=CC1N4)S3)N=c1c(ccc3c1=C1C=CC=CC1N3)S2. The van der Waals surface area contributed by atoms with Crippen LogP contribution in [0.25, 0.3) is 22.3 Å². The third-order valence-electron chi connectivity index (χ3n) is 11.9. The van der Waals surface area contributed by atoms with Crippen molar-refractivity contribution in [3.8, 4) is 11.1 Å². The van der Waals surface area contributed by atoms with Crippen molar-refractivity contribution < 1.29 is 4.57 Å². The molecule has 0 saturated heterocycles. The topological polar surface area (TPSA) is 78.7 Å². The van der Waals surface area contributed by atoms with Crippen LogP contribution >= 0.6 is 30.7 Å². The molecular weight excluding hydrogens is 770 g/mol. The van der Waals surface area contributed by atoms with Crippen LogP contribution in [0.4, 0.5) is 22.7 Å². The largest absolute Gasteiger partial charge is 0.374 e. The van der Waals surface area contributed by atoms with Gasteiger partial charge >= 0.3 is 0 Å². The van der Waals surface area contributed by atoms with Gasteiger partial charge in [-0.2, -0.15) is 0 Å². The van der Waals surface area contributed by atoms with Crippen molar-refractivity contribution in [2.24, 2.45) is 9.98 Å². The van der Waals surface area contributed by atoms with Crippen LogP contribution in [0.3, 0.4) is 0 Å². The number of nitrogens with one attached hydrogen (secondary N) is 2. The Labute approximate surface area is 343 Å². The number of anilines is 2. The van der Waals surface area contributed by atoms with Gasteiger partial charge < -0.3 is 15.2 Å². The molecule has 0 fully saturated rings. The maximum Gasteiger partial charge on any atom is 0.191 e. The molecule has 5 aromatic carbocycles. The van der Waals surface area contributed by atoms with Gasteiger partial charge in [-0.05, 0) is 78.6 Å². The van der Waals surface area contributed by atoms with Gasteiger partial charge in [-0.25, -0.2) is 9.98 Å². The quantitative estimate of drug-likeness (QED) is 0.176. The molecule has 6 aromatic rings. The zero-order valence-corrected chi connectivity index (χ0v) is 34.1. The Bertz CT molecular complexity index is 3310.